The summed E-state index contributed by atoms with van der Waals surface area (Å²) in [5.74, 6) is -5.43. The molecule has 2 heterocycles. The zero-order valence-corrected chi connectivity index (χ0v) is 13.5. The Labute approximate surface area is 145 Å². The minimum absolute atomic E-state index is 0.371. The van der Waals surface area contributed by atoms with Gasteiger partial charge in [-0.3, -0.25) is 10.1 Å². The third kappa shape index (κ3) is 3.66. The Morgan fingerprint density at radius 1 is 1.15 bits per heavy atom. The lowest BCUT2D eigenvalue weighted by atomic mass is 10.1. The van der Waals surface area contributed by atoms with Gasteiger partial charge >= 0.3 is 6.03 Å². The van der Waals surface area contributed by atoms with Gasteiger partial charge in [-0.15, -0.1) is 0 Å². The average Bonchev–Trinajstić information content (AvgIpc) is 3.01. The predicted octanol–water partition coefficient (Wildman–Crippen LogP) is 3.55. The average molecular weight is 362 g/mol. The summed E-state index contributed by atoms with van der Waals surface area (Å²) >= 11 is 0. The number of urea groups is 1. The van der Waals surface area contributed by atoms with E-state index in [1.807, 2.05) is 5.32 Å². The fourth-order valence-electron chi connectivity index (χ4n) is 2.29. The number of nitrogens with one attached hydrogen (secondary N) is 2. The van der Waals surface area contributed by atoms with Crippen molar-refractivity contribution < 1.29 is 22.8 Å². The molecular formula is C17H13F3N4O2. The quantitative estimate of drug-likeness (QED) is 0.748. The molecule has 0 radical (unpaired) electrons. The third-order valence-corrected chi connectivity index (χ3v) is 3.60. The number of halogens is 3. The summed E-state index contributed by atoms with van der Waals surface area (Å²) in [5, 5.41) is 4.35. The van der Waals surface area contributed by atoms with Gasteiger partial charge in [0, 0.05) is 42.8 Å². The number of carbonyl (C=O) groups is 2. The van der Waals surface area contributed by atoms with Crippen LogP contribution in [0, 0.1) is 5.82 Å². The molecule has 9 heteroatoms. The molecular weight excluding hydrogens is 349 g/mol. The third-order valence-electron chi connectivity index (χ3n) is 3.60. The SMILES string of the molecule is CC(F)(F)c1ccc(C(=O)NC(=O)Nc2ccn3ccnc3c2)c(F)c1. The number of amides is 3. The van der Waals surface area contributed by atoms with Crippen molar-refractivity contribution in [2.24, 2.45) is 0 Å². The highest BCUT2D eigenvalue weighted by molar-refractivity contribution is 6.08. The van der Waals surface area contributed by atoms with Crippen molar-refractivity contribution in [3.8, 4) is 0 Å². The molecule has 0 bridgehead atoms. The number of carbonyl (C=O) groups excluding carboxylic acids is 2. The van der Waals surface area contributed by atoms with Crippen molar-refractivity contribution in [2.75, 3.05) is 5.32 Å². The number of hydrogen-bond donors (Lipinski definition) is 2. The molecule has 0 aliphatic heterocycles. The number of rotatable bonds is 3. The Bertz CT molecular complexity index is 995. The van der Waals surface area contributed by atoms with Gasteiger partial charge in [0.05, 0.1) is 5.56 Å². The van der Waals surface area contributed by atoms with Gasteiger partial charge in [-0.05, 0) is 18.2 Å². The van der Waals surface area contributed by atoms with Gasteiger partial charge in [-0.2, -0.15) is 0 Å². The van der Waals surface area contributed by atoms with Crippen molar-refractivity contribution in [1.82, 2.24) is 14.7 Å². The first-order valence-corrected chi connectivity index (χ1v) is 7.47. The Morgan fingerprint density at radius 2 is 1.92 bits per heavy atom. The number of alkyl halides is 2. The molecule has 0 aliphatic carbocycles. The molecule has 0 spiro atoms. The van der Waals surface area contributed by atoms with Gasteiger partial charge in [0.15, 0.2) is 0 Å². The highest BCUT2D eigenvalue weighted by Gasteiger charge is 2.26. The number of benzene rings is 1. The van der Waals surface area contributed by atoms with Gasteiger partial charge in [-0.25, -0.2) is 22.9 Å². The summed E-state index contributed by atoms with van der Waals surface area (Å²) < 4.78 is 42.0. The van der Waals surface area contributed by atoms with E-state index in [2.05, 4.69) is 10.3 Å². The standard InChI is InChI=1S/C17H13F3N4O2/c1-17(19,20)10-2-3-12(13(18)8-10)15(25)23-16(26)22-11-4-6-24-7-5-21-14(24)9-11/h2-9H,1H3,(H2,22,23,25,26). The number of hydrogen-bond acceptors (Lipinski definition) is 3. The van der Waals surface area contributed by atoms with Crippen LogP contribution in [0.3, 0.4) is 0 Å². The zero-order valence-electron chi connectivity index (χ0n) is 13.5. The van der Waals surface area contributed by atoms with Crippen molar-refractivity contribution in [2.45, 2.75) is 12.8 Å². The number of aromatic nitrogens is 2. The molecule has 3 rings (SSSR count). The van der Waals surface area contributed by atoms with Crippen LogP contribution in [-0.2, 0) is 5.92 Å². The van der Waals surface area contributed by atoms with Crippen LogP contribution in [-0.4, -0.2) is 21.3 Å². The fourth-order valence-corrected chi connectivity index (χ4v) is 2.29. The van der Waals surface area contributed by atoms with E-state index in [4.69, 9.17) is 0 Å². The maximum Gasteiger partial charge on any atom is 0.326 e. The number of nitrogens with zero attached hydrogens (tertiary/aromatic N) is 2. The maximum atomic E-state index is 13.9. The number of fused-ring (bicyclic) bond motifs is 1. The molecule has 0 unspecified atom stereocenters. The van der Waals surface area contributed by atoms with Crippen molar-refractivity contribution in [3.05, 3.63) is 65.9 Å². The number of pyridine rings is 1. The van der Waals surface area contributed by atoms with E-state index in [0.717, 1.165) is 12.1 Å². The monoisotopic (exact) mass is 362 g/mol. The van der Waals surface area contributed by atoms with E-state index >= 15 is 0 Å². The number of anilines is 1. The van der Waals surface area contributed by atoms with E-state index in [1.165, 1.54) is 0 Å². The minimum Gasteiger partial charge on any atom is -0.307 e. The van der Waals surface area contributed by atoms with Crippen LogP contribution < -0.4 is 10.6 Å². The normalized spacial score (nSPS) is 11.4. The van der Waals surface area contributed by atoms with Crippen molar-refractivity contribution >= 4 is 23.3 Å². The van der Waals surface area contributed by atoms with Crippen LogP contribution in [0.4, 0.5) is 23.7 Å². The summed E-state index contributed by atoms with van der Waals surface area (Å²) in [7, 11) is 0. The summed E-state index contributed by atoms with van der Waals surface area (Å²) in [5.41, 5.74) is -0.132. The van der Waals surface area contributed by atoms with Crippen LogP contribution in [0.1, 0.15) is 22.8 Å². The number of imidazole rings is 1. The van der Waals surface area contributed by atoms with Gasteiger partial charge in [0.2, 0.25) is 0 Å². The maximum absolute atomic E-state index is 13.9. The molecule has 134 valence electrons. The second kappa shape index (κ2) is 6.51. The Morgan fingerprint density at radius 3 is 2.62 bits per heavy atom. The van der Waals surface area contributed by atoms with Gasteiger partial charge in [0.25, 0.3) is 11.8 Å². The van der Waals surface area contributed by atoms with Crippen LogP contribution in [0.5, 0.6) is 0 Å². The Balaban J connectivity index is 1.70. The summed E-state index contributed by atoms with van der Waals surface area (Å²) in [6, 6.07) is 4.66. The topological polar surface area (TPSA) is 75.5 Å². The first kappa shape index (κ1) is 17.5. The molecule has 2 aromatic heterocycles. The summed E-state index contributed by atoms with van der Waals surface area (Å²) in [6.45, 7) is 0.617. The fraction of sp³-hybridized carbons (Fsp3) is 0.118. The Kier molecular flexibility index (Phi) is 4.37. The van der Waals surface area contributed by atoms with E-state index in [9.17, 15) is 22.8 Å². The molecule has 0 saturated heterocycles. The van der Waals surface area contributed by atoms with Gasteiger partial charge < -0.3 is 9.72 Å². The van der Waals surface area contributed by atoms with Gasteiger partial charge in [0.1, 0.15) is 11.5 Å². The zero-order chi connectivity index (χ0) is 18.9. The van der Waals surface area contributed by atoms with Crippen molar-refractivity contribution in [3.63, 3.8) is 0 Å². The highest BCUT2D eigenvalue weighted by atomic mass is 19.3. The largest absolute Gasteiger partial charge is 0.326 e. The smallest absolute Gasteiger partial charge is 0.307 e. The van der Waals surface area contributed by atoms with Gasteiger partial charge in [-0.1, -0.05) is 6.07 Å². The summed E-state index contributed by atoms with van der Waals surface area (Å²) in [6.07, 6.45) is 4.95. The second-order valence-electron chi connectivity index (χ2n) is 5.60. The predicted molar refractivity (Wildman–Crippen MR) is 87.6 cm³/mol. The summed E-state index contributed by atoms with van der Waals surface area (Å²) in [4.78, 5) is 27.9. The molecule has 0 atom stereocenters. The second-order valence-corrected chi connectivity index (χ2v) is 5.60. The van der Waals surface area contributed by atoms with E-state index in [0.29, 0.717) is 24.3 Å². The molecule has 26 heavy (non-hydrogen) atoms. The molecule has 0 saturated carbocycles. The van der Waals surface area contributed by atoms with Crippen LogP contribution >= 0.6 is 0 Å². The molecule has 6 nitrogen and oxygen atoms in total. The van der Waals surface area contributed by atoms with Crippen LogP contribution in [0.25, 0.3) is 5.65 Å². The molecule has 1 aromatic carbocycles. The van der Waals surface area contributed by atoms with E-state index < -0.39 is 34.8 Å². The van der Waals surface area contributed by atoms with E-state index in [-0.39, 0.29) is 0 Å². The minimum atomic E-state index is -3.24. The first-order chi connectivity index (χ1) is 12.2. The Hall–Kier alpha value is -3.36. The number of imide groups is 1. The molecule has 0 fully saturated rings. The molecule has 3 amide bonds. The van der Waals surface area contributed by atoms with Crippen LogP contribution in [0.2, 0.25) is 0 Å². The van der Waals surface area contributed by atoms with Crippen LogP contribution in [0.15, 0.2) is 48.9 Å². The molecule has 2 N–H and O–H groups in total. The lowest BCUT2D eigenvalue weighted by Gasteiger charge is -2.12. The van der Waals surface area contributed by atoms with E-state index in [1.54, 1.807) is 35.1 Å². The molecule has 0 aliphatic rings. The van der Waals surface area contributed by atoms with Crippen molar-refractivity contribution in [1.29, 1.82) is 0 Å². The lowest BCUT2D eigenvalue weighted by molar-refractivity contribution is 0.0171. The molecule has 3 aromatic rings. The highest BCUT2D eigenvalue weighted by Crippen LogP contribution is 2.28. The first-order valence-electron chi connectivity index (χ1n) is 7.47. The lowest BCUT2D eigenvalue weighted by Crippen LogP contribution is -2.34.